The molecule has 2 aliphatic carbocycles. The van der Waals surface area contributed by atoms with Gasteiger partial charge in [-0.1, -0.05) is 340 Å². The third-order valence-electron chi connectivity index (χ3n) is 27.0. The largest absolute Gasteiger partial charge is 0.456 e. The molecule has 0 bridgehead atoms. The van der Waals surface area contributed by atoms with E-state index in [9.17, 15) is 0 Å². The number of furan rings is 1. The summed E-state index contributed by atoms with van der Waals surface area (Å²) in [5, 5.41) is 4.76. The number of aromatic nitrogens is 1. The fourth-order valence-electron chi connectivity index (χ4n) is 21.8. The highest BCUT2D eigenvalue weighted by Crippen LogP contribution is 2.68. The maximum atomic E-state index is 6.24. The highest BCUT2D eigenvalue weighted by Gasteiger charge is 2.55. The van der Waals surface area contributed by atoms with Crippen LogP contribution in [0.2, 0.25) is 0 Å². The SMILES string of the molecule is c1ccc(-c2ccc(N(c3ccc(-n4c5ccccc5c5ccccc54)cc3)c3cccc4c3-c3ccccc3C43c4ccccc4N(c4ccccc4)c4ccccc43)cc2)cc1.c1ccc(-c2ccc(N(c3cccc(-c4ccc5oc6ccccc6c5c4)c3)c3cccc4c3-c3ccccc3C43c4ccccc4N(c4ccccc4)c4ccccc43)cc2)cc1. The summed E-state index contributed by atoms with van der Waals surface area (Å²) in [6.45, 7) is 0. The van der Waals surface area contributed by atoms with Crippen LogP contribution in [0.1, 0.15) is 44.5 Å². The summed E-state index contributed by atoms with van der Waals surface area (Å²) in [6, 6.07) is 180. The Hall–Kier alpha value is -16.8. The van der Waals surface area contributed by atoms with Gasteiger partial charge in [0.2, 0.25) is 0 Å². The zero-order valence-corrected chi connectivity index (χ0v) is 69.9. The Bertz CT molecular complexity index is 7930. The number of hydrogen-bond acceptors (Lipinski definition) is 5. The molecule has 2 spiro atoms. The number of hydrogen-bond donors (Lipinski definition) is 0. The van der Waals surface area contributed by atoms with E-state index < -0.39 is 10.8 Å². The van der Waals surface area contributed by atoms with Crippen molar-refractivity contribution >= 4 is 112 Å². The van der Waals surface area contributed by atoms with Gasteiger partial charge in [-0.05, 0) is 241 Å². The Balaban J connectivity index is 0.000000139. The first-order chi connectivity index (χ1) is 63.5. The van der Waals surface area contributed by atoms with Crippen molar-refractivity contribution < 1.29 is 4.42 Å². The van der Waals surface area contributed by atoms with Gasteiger partial charge >= 0.3 is 0 Å². The molecule has 600 valence electrons. The summed E-state index contributed by atoms with van der Waals surface area (Å²) in [5.41, 5.74) is 40.1. The first kappa shape index (κ1) is 73.9. The zero-order valence-electron chi connectivity index (χ0n) is 69.9. The number of benzene rings is 20. The van der Waals surface area contributed by atoms with E-state index in [-0.39, 0.29) is 0 Å². The molecule has 128 heavy (non-hydrogen) atoms. The molecule has 2 aliphatic heterocycles. The topological polar surface area (TPSA) is 31.0 Å². The van der Waals surface area contributed by atoms with Crippen LogP contribution < -0.4 is 19.6 Å². The number of anilines is 12. The second kappa shape index (κ2) is 30.0. The maximum absolute atomic E-state index is 6.24. The van der Waals surface area contributed by atoms with Gasteiger partial charge in [0.1, 0.15) is 11.2 Å². The van der Waals surface area contributed by atoms with Crippen LogP contribution >= 0.6 is 0 Å². The highest BCUT2D eigenvalue weighted by molar-refractivity contribution is 6.11. The van der Waals surface area contributed by atoms with E-state index in [1.165, 1.54) is 134 Å². The second-order valence-corrected chi connectivity index (χ2v) is 33.6. The third-order valence-corrected chi connectivity index (χ3v) is 27.0. The molecule has 4 aliphatic rings. The van der Waals surface area contributed by atoms with Crippen LogP contribution in [-0.2, 0) is 10.8 Å². The van der Waals surface area contributed by atoms with Crippen LogP contribution in [0.25, 0.3) is 105 Å². The van der Waals surface area contributed by atoms with Crippen LogP contribution in [0, 0.1) is 0 Å². The minimum atomic E-state index is -0.576. The quantitative estimate of drug-likeness (QED) is 0.122. The molecule has 0 saturated heterocycles. The lowest BCUT2D eigenvalue weighted by atomic mass is 9.64. The Labute approximate surface area is 743 Å². The number of para-hydroxylation sites is 9. The monoisotopic (exact) mass is 1630 g/mol. The van der Waals surface area contributed by atoms with Crippen molar-refractivity contribution in [2.45, 2.75) is 10.8 Å². The van der Waals surface area contributed by atoms with Gasteiger partial charge in [0, 0.05) is 72.5 Å². The Morgan fingerprint density at radius 1 is 0.195 bits per heavy atom. The summed E-state index contributed by atoms with van der Waals surface area (Å²) >= 11 is 0. The van der Waals surface area contributed by atoms with Crippen LogP contribution in [0.15, 0.2) is 496 Å². The predicted octanol–water partition coefficient (Wildman–Crippen LogP) is 32.6. The van der Waals surface area contributed by atoms with Gasteiger partial charge in [-0.25, -0.2) is 0 Å². The van der Waals surface area contributed by atoms with E-state index in [2.05, 4.69) is 503 Å². The van der Waals surface area contributed by atoms with Crippen LogP contribution in [-0.4, -0.2) is 4.57 Å². The maximum Gasteiger partial charge on any atom is 0.135 e. The smallest absolute Gasteiger partial charge is 0.135 e. The van der Waals surface area contributed by atoms with Crippen molar-refractivity contribution in [1.29, 1.82) is 0 Å². The number of rotatable bonds is 12. The van der Waals surface area contributed by atoms with Crippen molar-refractivity contribution in [1.82, 2.24) is 4.57 Å². The van der Waals surface area contributed by atoms with Crippen molar-refractivity contribution in [2.24, 2.45) is 0 Å². The van der Waals surface area contributed by atoms with E-state index >= 15 is 0 Å². The summed E-state index contributed by atoms with van der Waals surface area (Å²) in [7, 11) is 0. The molecule has 0 saturated carbocycles. The van der Waals surface area contributed by atoms with E-state index in [0.717, 1.165) is 84.3 Å². The molecular formula is C122H81N5O. The van der Waals surface area contributed by atoms with Gasteiger partial charge in [-0.2, -0.15) is 0 Å². The predicted molar refractivity (Wildman–Crippen MR) is 531 cm³/mol. The van der Waals surface area contributed by atoms with Crippen molar-refractivity contribution in [2.75, 3.05) is 19.6 Å². The summed E-state index contributed by atoms with van der Waals surface area (Å²) < 4.78 is 8.64. The lowest BCUT2D eigenvalue weighted by molar-refractivity contribution is 0.669. The van der Waals surface area contributed by atoms with Crippen LogP contribution in [0.4, 0.5) is 68.2 Å². The molecule has 22 aromatic rings. The number of nitrogens with zero attached hydrogens (tertiary/aromatic N) is 5. The molecule has 6 heteroatoms. The zero-order chi connectivity index (χ0) is 84.4. The molecule has 4 heterocycles. The minimum absolute atomic E-state index is 0.566. The average molecular weight is 1630 g/mol. The van der Waals surface area contributed by atoms with E-state index in [1.807, 2.05) is 12.1 Å². The van der Waals surface area contributed by atoms with E-state index in [4.69, 9.17) is 4.42 Å². The fraction of sp³-hybridized carbons (Fsp3) is 0.0164. The molecule has 0 radical (unpaired) electrons. The molecule has 2 aromatic heterocycles. The molecule has 0 amide bonds. The Morgan fingerprint density at radius 3 is 0.992 bits per heavy atom. The van der Waals surface area contributed by atoms with Crippen LogP contribution in [0.5, 0.6) is 0 Å². The minimum Gasteiger partial charge on any atom is -0.456 e. The molecular weight excluding hydrogens is 1550 g/mol. The molecule has 26 rings (SSSR count). The van der Waals surface area contributed by atoms with Gasteiger partial charge < -0.3 is 28.6 Å². The highest BCUT2D eigenvalue weighted by atomic mass is 16.3. The number of fused-ring (bicyclic) bond motifs is 24. The second-order valence-electron chi connectivity index (χ2n) is 33.6. The Kier molecular flexibility index (Phi) is 17.3. The van der Waals surface area contributed by atoms with E-state index in [0.29, 0.717) is 0 Å². The lowest BCUT2D eigenvalue weighted by Gasteiger charge is -2.45. The lowest BCUT2D eigenvalue weighted by Crippen LogP contribution is -2.36. The van der Waals surface area contributed by atoms with Gasteiger partial charge in [-0.15, -0.1) is 0 Å². The molecule has 0 atom stereocenters. The first-order valence-corrected chi connectivity index (χ1v) is 44.1. The van der Waals surface area contributed by atoms with Crippen molar-refractivity contribution in [3.8, 4) is 61.3 Å². The van der Waals surface area contributed by atoms with Crippen molar-refractivity contribution in [3.05, 3.63) is 536 Å². The third kappa shape index (κ3) is 11.4. The fourth-order valence-corrected chi connectivity index (χ4v) is 21.8. The molecule has 20 aromatic carbocycles. The standard InChI is InChI=1S/C61H41N3.C61H40N2O/c1-3-18-42(19-4-1)43-34-36-45(37-35-43)62(46-38-40-47(41-39-46)63-55-29-13-8-22-48(55)49-23-9-14-30-56(49)63)59-33-17-28-54-60(59)50-24-7-10-25-51(50)61(54)52-26-11-15-31-57(52)64(44-20-5-2-6-21-44)58-32-16-12-27-53(58)61;1-3-17-41(18-4-1)42-33-36-46(37-34-42)62(47-22-15-19-43(39-47)44-35-38-59-50(40-44)48-23-8-14-32-58(48)64-59)57-31-16-28-54-60(57)49-24-7-9-25-51(49)61(54)52-26-10-12-29-55(52)63(45-20-5-2-6-21-45)56-30-13-11-27-53(56)61/h1-41H;1-40H. The van der Waals surface area contributed by atoms with Gasteiger partial charge in [0.25, 0.3) is 0 Å². The van der Waals surface area contributed by atoms with Crippen LogP contribution in [0.3, 0.4) is 0 Å². The first-order valence-electron chi connectivity index (χ1n) is 44.1. The normalized spacial score (nSPS) is 13.1. The van der Waals surface area contributed by atoms with Crippen molar-refractivity contribution in [3.63, 3.8) is 0 Å². The summed E-state index contributed by atoms with van der Waals surface area (Å²) in [6.07, 6.45) is 0. The summed E-state index contributed by atoms with van der Waals surface area (Å²) in [4.78, 5) is 9.82. The van der Waals surface area contributed by atoms with Gasteiger partial charge in [0.05, 0.1) is 56.0 Å². The average Bonchev–Trinajstić information content (AvgIpc) is 1.50. The molecule has 6 nitrogen and oxygen atoms in total. The molecule has 0 N–H and O–H groups in total. The van der Waals surface area contributed by atoms with Gasteiger partial charge in [0.15, 0.2) is 0 Å². The Morgan fingerprint density at radius 2 is 0.523 bits per heavy atom. The summed E-state index contributed by atoms with van der Waals surface area (Å²) in [5.74, 6) is 0. The van der Waals surface area contributed by atoms with Gasteiger partial charge in [-0.3, -0.25) is 0 Å². The molecule has 0 unspecified atom stereocenters. The molecule has 0 fully saturated rings. The van der Waals surface area contributed by atoms with E-state index in [1.54, 1.807) is 0 Å².